The zero-order valence-electron chi connectivity index (χ0n) is 21.9. The first-order valence-corrected chi connectivity index (χ1v) is 12.8. The van der Waals surface area contributed by atoms with Gasteiger partial charge in [0.15, 0.2) is 6.61 Å². The van der Waals surface area contributed by atoms with E-state index in [1.165, 1.54) is 29.2 Å². The maximum absolute atomic E-state index is 13.5. The number of nitrogens with zero attached hydrogens (tertiary/aromatic N) is 3. The molecule has 0 spiro atoms. The van der Waals surface area contributed by atoms with E-state index in [0.29, 0.717) is 35.0 Å². The molecule has 1 aliphatic carbocycles. The number of esters is 1. The van der Waals surface area contributed by atoms with Gasteiger partial charge < -0.3 is 14.4 Å². The van der Waals surface area contributed by atoms with Gasteiger partial charge in [0.2, 0.25) is 0 Å². The van der Waals surface area contributed by atoms with Crippen LogP contribution in [0.4, 0.5) is 10.1 Å². The van der Waals surface area contributed by atoms with Crippen LogP contribution in [0, 0.1) is 17.1 Å². The molecule has 0 bridgehead atoms. The largest absolute Gasteiger partial charge is 0.497 e. The number of hydrogen-bond donors (Lipinski definition) is 0. The van der Waals surface area contributed by atoms with Crippen LogP contribution in [0.15, 0.2) is 72.8 Å². The average Bonchev–Trinajstić information content (AvgIpc) is 3.37. The molecule has 1 amide bonds. The molecule has 0 atom stereocenters. The van der Waals surface area contributed by atoms with Crippen molar-refractivity contribution >= 4 is 40.1 Å². The third-order valence-corrected chi connectivity index (χ3v) is 6.82. The van der Waals surface area contributed by atoms with E-state index in [1.54, 1.807) is 7.11 Å². The van der Waals surface area contributed by atoms with Crippen molar-refractivity contribution in [1.82, 2.24) is 4.98 Å². The summed E-state index contributed by atoms with van der Waals surface area (Å²) in [4.78, 5) is 32.8. The fourth-order valence-corrected chi connectivity index (χ4v) is 4.87. The predicted octanol–water partition coefficient (Wildman–Crippen LogP) is 5.97. The molecule has 7 nitrogen and oxygen atoms in total. The summed E-state index contributed by atoms with van der Waals surface area (Å²) < 4.78 is 24.2. The number of carbonyl (C=O) groups is 2. The maximum atomic E-state index is 13.5. The monoisotopic (exact) mass is 535 g/mol. The smallest absolute Gasteiger partial charge is 0.339 e. The number of ether oxygens (including phenoxy) is 2. The number of fused-ring (bicyclic) bond motifs is 2. The lowest BCUT2D eigenvalue weighted by Crippen LogP contribution is -2.35. The molecule has 200 valence electrons. The van der Waals surface area contributed by atoms with E-state index in [2.05, 4.69) is 6.08 Å². The molecule has 0 saturated heterocycles. The van der Waals surface area contributed by atoms with Crippen LogP contribution in [0.25, 0.3) is 22.6 Å². The molecule has 0 saturated carbocycles. The van der Waals surface area contributed by atoms with E-state index in [0.717, 1.165) is 28.1 Å². The highest BCUT2D eigenvalue weighted by Gasteiger charge is 2.28. The Morgan fingerprint density at radius 2 is 1.80 bits per heavy atom. The van der Waals surface area contributed by atoms with Crippen LogP contribution in [0.5, 0.6) is 5.75 Å². The Bertz CT molecular complexity index is 1640. The second-order valence-corrected chi connectivity index (χ2v) is 9.28. The van der Waals surface area contributed by atoms with Crippen molar-refractivity contribution in [2.24, 2.45) is 0 Å². The van der Waals surface area contributed by atoms with Crippen molar-refractivity contribution in [2.45, 2.75) is 19.3 Å². The van der Waals surface area contributed by atoms with Crippen molar-refractivity contribution in [2.75, 3.05) is 25.2 Å². The highest BCUT2D eigenvalue weighted by atomic mass is 19.1. The number of pyridine rings is 1. The Hall–Kier alpha value is -5.03. The fraction of sp³-hybridized carbons (Fsp3) is 0.188. The van der Waals surface area contributed by atoms with E-state index < -0.39 is 24.3 Å². The quantitative estimate of drug-likeness (QED) is 0.258. The summed E-state index contributed by atoms with van der Waals surface area (Å²) in [7, 11) is 1.62. The minimum absolute atomic E-state index is 0.0723. The number of benzene rings is 3. The predicted molar refractivity (Wildman–Crippen MR) is 150 cm³/mol. The van der Waals surface area contributed by atoms with Crippen molar-refractivity contribution in [3.63, 3.8) is 0 Å². The maximum Gasteiger partial charge on any atom is 0.339 e. The van der Waals surface area contributed by atoms with Gasteiger partial charge in [-0.1, -0.05) is 30.3 Å². The third-order valence-electron chi connectivity index (χ3n) is 6.82. The number of para-hydroxylation sites is 1. The van der Waals surface area contributed by atoms with Crippen molar-refractivity contribution < 1.29 is 23.5 Å². The van der Waals surface area contributed by atoms with E-state index in [4.69, 9.17) is 19.7 Å². The summed E-state index contributed by atoms with van der Waals surface area (Å²) in [6, 6.07) is 22.4. The van der Waals surface area contributed by atoms with Crippen LogP contribution in [0.2, 0.25) is 0 Å². The van der Waals surface area contributed by atoms with Crippen molar-refractivity contribution in [3.05, 3.63) is 101 Å². The van der Waals surface area contributed by atoms with Crippen LogP contribution in [0.3, 0.4) is 0 Å². The first-order valence-electron chi connectivity index (χ1n) is 12.8. The molecule has 0 fully saturated rings. The van der Waals surface area contributed by atoms with Gasteiger partial charge in [0, 0.05) is 17.6 Å². The van der Waals surface area contributed by atoms with Gasteiger partial charge in [-0.15, -0.1) is 0 Å². The Balaban J connectivity index is 1.43. The van der Waals surface area contributed by atoms with Gasteiger partial charge in [0.25, 0.3) is 5.91 Å². The molecule has 0 radical (unpaired) electrons. The normalized spacial score (nSPS) is 13.1. The molecule has 0 N–H and O–H groups in total. The Labute approximate surface area is 231 Å². The summed E-state index contributed by atoms with van der Waals surface area (Å²) in [6.45, 7) is -0.437. The summed E-state index contributed by atoms with van der Waals surface area (Å²) in [5.41, 5.74) is 5.01. The van der Waals surface area contributed by atoms with E-state index in [9.17, 15) is 14.0 Å². The zero-order chi connectivity index (χ0) is 28.1. The molecular formula is C32H26FN3O4. The topological polar surface area (TPSA) is 92.5 Å². The minimum atomic E-state index is -0.617. The first-order chi connectivity index (χ1) is 19.5. The summed E-state index contributed by atoms with van der Waals surface area (Å²) in [5.74, 6) is -0.802. The molecule has 0 aliphatic heterocycles. The first kappa shape index (κ1) is 26.6. The van der Waals surface area contributed by atoms with Gasteiger partial charge in [-0.3, -0.25) is 4.79 Å². The van der Waals surface area contributed by atoms with E-state index in [1.807, 2.05) is 54.6 Å². The minimum Gasteiger partial charge on any atom is -0.497 e. The molecule has 8 heteroatoms. The van der Waals surface area contributed by atoms with Gasteiger partial charge >= 0.3 is 5.97 Å². The van der Waals surface area contributed by atoms with Crippen LogP contribution >= 0.6 is 0 Å². The molecule has 4 aromatic rings. The van der Waals surface area contributed by atoms with Gasteiger partial charge in [-0.05, 0) is 78.1 Å². The lowest BCUT2D eigenvalue weighted by molar-refractivity contribution is -0.121. The molecule has 40 heavy (non-hydrogen) atoms. The second kappa shape index (κ2) is 11.8. The third kappa shape index (κ3) is 5.54. The molecule has 5 rings (SSSR count). The number of halogens is 1. The number of methoxy groups -OCH3 is 1. The number of aromatic nitrogens is 1. The summed E-state index contributed by atoms with van der Waals surface area (Å²) in [6.07, 6.45) is 3.44. The van der Waals surface area contributed by atoms with Crippen LogP contribution in [0.1, 0.15) is 40.0 Å². The summed E-state index contributed by atoms with van der Waals surface area (Å²) >= 11 is 0. The molecular weight excluding hydrogens is 509 g/mol. The van der Waals surface area contributed by atoms with Gasteiger partial charge in [0.05, 0.1) is 36.4 Å². The fourth-order valence-electron chi connectivity index (χ4n) is 4.87. The van der Waals surface area contributed by atoms with Gasteiger partial charge in [-0.25, -0.2) is 14.2 Å². The molecule has 3 aromatic carbocycles. The number of allylic oxidation sites excluding steroid dienone is 1. The summed E-state index contributed by atoms with van der Waals surface area (Å²) in [5, 5.41) is 9.69. The molecule has 1 heterocycles. The number of hydrogen-bond acceptors (Lipinski definition) is 6. The lowest BCUT2D eigenvalue weighted by atomic mass is 10.0. The van der Waals surface area contributed by atoms with E-state index in [-0.39, 0.29) is 13.0 Å². The number of rotatable bonds is 8. The Morgan fingerprint density at radius 3 is 2.52 bits per heavy atom. The number of anilines is 1. The van der Waals surface area contributed by atoms with Crippen molar-refractivity contribution in [3.8, 4) is 11.8 Å². The highest BCUT2D eigenvalue weighted by Crippen LogP contribution is 2.38. The van der Waals surface area contributed by atoms with E-state index >= 15 is 0 Å². The van der Waals surface area contributed by atoms with Crippen LogP contribution in [-0.4, -0.2) is 37.1 Å². The number of carbonyl (C=O) groups excluding carboxylic acids is 2. The lowest BCUT2D eigenvalue weighted by Gasteiger charge is -2.22. The van der Waals surface area contributed by atoms with Crippen LogP contribution < -0.4 is 9.64 Å². The SMILES string of the molecule is COc1ccc(C=C2CCc3c2nc2ccccc2c3C(=O)OCC(=O)N(CCC#N)c2ccc(F)cc2)cc1. The number of amides is 1. The average molecular weight is 536 g/mol. The molecule has 1 aliphatic rings. The van der Waals surface area contributed by atoms with Crippen LogP contribution in [-0.2, 0) is 16.0 Å². The standard InChI is InChI=1S/C32H26FN3O4/c1-39-25-14-7-21(8-15-25)19-22-9-16-27-30(26-5-2-3-6-28(26)35-31(22)27)32(38)40-20-29(37)36(18-4-17-34)24-12-10-23(33)11-13-24/h2-3,5-8,10-15,19H,4,9,16,18,20H2,1H3. The molecule has 0 unspecified atom stereocenters. The number of nitriles is 1. The highest BCUT2D eigenvalue weighted by molar-refractivity contribution is 6.08. The van der Waals surface area contributed by atoms with Gasteiger partial charge in [0.1, 0.15) is 11.6 Å². The zero-order valence-corrected chi connectivity index (χ0v) is 21.9. The second-order valence-electron chi connectivity index (χ2n) is 9.28. The molecule has 1 aromatic heterocycles. The van der Waals surface area contributed by atoms with Gasteiger partial charge in [-0.2, -0.15) is 5.26 Å². The Kier molecular flexibility index (Phi) is 7.83. The van der Waals surface area contributed by atoms with Crippen molar-refractivity contribution in [1.29, 1.82) is 5.26 Å². The Morgan fingerprint density at radius 1 is 1.05 bits per heavy atom.